The second-order valence-electron chi connectivity index (χ2n) is 2.76. The van der Waals surface area contributed by atoms with Crippen molar-refractivity contribution in [2.45, 2.75) is 20.8 Å². The van der Waals surface area contributed by atoms with Crippen LogP contribution in [0.4, 0.5) is 0 Å². The van der Waals surface area contributed by atoms with Crippen LogP contribution < -0.4 is 5.73 Å². The Labute approximate surface area is 83.4 Å². The van der Waals surface area contributed by atoms with E-state index in [4.69, 9.17) is 10.5 Å². The molecule has 0 spiro atoms. The number of rotatable bonds is 4. The van der Waals surface area contributed by atoms with Gasteiger partial charge < -0.3 is 10.5 Å². The van der Waals surface area contributed by atoms with Crippen molar-refractivity contribution >= 4 is 11.8 Å². The second-order valence-corrected chi connectivity index (χ2v) is 2.76. The molecule has 0 aliphatic heterocycles. The van der Waals surface area contributed by atoms with Crippen molar-refractivity contribution in [2.75, 3.05) is 6.61 Å². The van der Waals surface area contributed by atoms with Crippen molar-refractivity contribution in [2.24, 2.45) is 5.73 Å². The second kappa shape index (κ2) is 5.96. The number of hydrogen-bond donors (Lipinski definition) is 1. The highest BCUT2D eigenvalue weighted by Crippen LogP contribution is 2.04. The van der Waals surface area contributed by atoms with Crippen LogP contribution in [-0.2, 0) is 14.3 Å². The van der Waals surface area contributed by atoms with E-state index < -0.39 is 5.97 Å². The van der Waals surface area contributed by atoms with Gasteiger partial charge in [-0.1, -0.05) is 0 Å². The van der Waals surface area contributed by atoms with E-state index in [2.05, 4.69) is 0 Å². The summed E-state index contributed by atoms with van der Waals surface area (Å²) >= 11 is 0. The third kappa shape index (κ3) is 4.45. The number of nitrogens with two attached hydrogens (primary N) is 1. The van der Waals surface area contributed by atoms with Crippen molar-refractivity contribution in [1.82, 2.24) is 0 Å². The average molecular weight is 197 g/mol. The quantitative estimate of drug-likeness (QED) is 0.413. The third-order valence-corrected chi connectivity index (χ3v) is 1.40. The Bertz CT molecular complexity index is 286. The van der Waals surface area contributed by atoms with E-state index in [0.29, 0.717) is 5.70 Å². The minimum absolute atomic E-state index is 0.145. The van der Waals surface area contributed by atoms with Crippen LogP contribution in [0, 0.1) is 0 Å². The number of esters is 1. The zero-order chi connectivity index (χ0) is 11.1. The zero-order valence-corrected chi connectivity index (χ0v) is 8.66. The van der Waals surface area contributed by atoms with Crippen molar-refractivity contribution in [3.05, 3.63) is 23.4 Å². The maximum absolute atomic E-state index is 11.3. The molecule has 0 aromatic rings. The molecular formula is C10H15NO3. The van der Waals surface area contributed by atoms with E-state index in [1.165, 1.54) is 19.1 Å². The van der Waals surface area contributed by atoms with Gasteiger partial charge in [0.05, 0.1) is 12.2 Å². The molecule has 2 N–H and O–H groups in total. The first kappa shape index (κ1) is 12.4. The van der Waals surface area contributed by atoms with Crippen LogP contribution in [0.3, 0.4) is 0 Å². The molecule has 0 rings (SSSR count). The van der Waals surface area contributed by atoms with Gasteiger partial charge in [0, 0.05) is 5.70 Å². The first-order valence-electron chi connectivity index (χ1n) is 4.31. The molecule has 78 valence electrons. The highest BCUT2D eigenvalue weighted by Gasteiger charge is 2.09. The number of carbonyl (C=O) groups excluding carboxylic acids is 2. The van der Waals surface area contributed by atoms with Crippen molar-refractivity contribution < 1.29 is 14.3 Å². The fraction of sp³-hybridized carbons (Fsp3) is 0.400. The van der Waals surface area contributed by atoms with Gasteiger partial charge in [-0.25, -0.2) is 4.79 Å². The Morgan fingerprint density at radius 3 is 2.21 bits per heavy atom. The van der Waals surface area contributed by atoms with Gasteiger partial charge in [0.25, 0.3) is 0 Å². The van der Waals surface area contributed by atoms with Crippen LogP contribution in [0.15, 0.2) is 23.4 Å². The van der Waals surface area contributed by atoms with Gasteiger partial charge in [0.2, 0.25) is 0 Å². The molecule has 0 amide bonds. The van der Waals surface area contributed by atoms with Gasteiger partial charge in [0.1, 0.15) is 0 Å². The fourth-order valence-corrected chi connectivity index (χ4v) is 0.770. The molecule has 0 fully saturated rings. The predicted octanol–water partition coefficient (Wildman–Crippen LogP) is 0.927. The minimum atomic E-state index is -0.509. The Hall–Kier alpha value is -1.58. The topological polar surface area (TPSA) is 69.4 Å². The number of allylic oxidation sites excluding steroid dienone is 2. The third-order valence-electron chi connectivity index (χ3n) is 1.40. The summed E-state index contributed by atoms with van der Waals surface area (Å²) in [5.74, 6) is -0.655. The number of ketones is 1. The lowest BCUT2D eigenvalue weighted by Crippen LogP contribution is -2.11. The van der Waals surface area contributed by atoms with Crippen molar-refractivity contribution in [3.8, 4) is 0 Å². The SMILES string of the molecule is CCOC(=O)C(/C=C\C(C)=O)=C(\C)N. The summed E-state index contributed by atoms with van der Waals surface area (Å²) in [7, 11) is 0. The van der Waals surface area contributed by atoms with Crippen molar-refractivity contribution in [1.29, 1.82) is 0 Å². The van der Waals surface area contributed by atoms with Crippen LogP contribution in [-0.4, -0.2) is 18.4 Å². The molecule has 0 saturated heterocycles. The summed E-state index contributed by atoms with van der Waals surface area (Å²) in [4.78, 5) is 21.9. The molecule has 14 heavy (non-hydrogen) atoms. The van der Waals surface area contributed by atoms with Crippen LogP contribution in [0.25, 0.3) is 0 Å². The summed E-state index contributed by atoms with van der Waals surface area (Å²) in [6.07, 6.45) is 2.65. The van der Waals surface area contributed by atoms with Crippen LogP contribution in [0.2, 0.25) is 0 Å². The summed E-state index contributed by atoms with van der Waals surface area (Å²) in [5, 5.41) is 0. The largest absolute Gasteiger partial charge is 0.462 e. The molecule has 4 heteroatoms. The monoisotopic (exact) mass is 197 g/mol. The summed E-state index contributed by atoms with van der Waals surface area (Å²) in [6, 6.07) is 0. The molecule has 0 atom stereocenters. The Balaban J connectivity index is 4.73. The molecule has 0 unspecified atom stereocenters. The van der Waals surface area contributed by atoms with Crippen LogP contribution in [0.1, 0.15) is 20.8 Å². The Morgan fingerprint density at radius 1 is 1.29 bits per heavy atom. The van der Waals surface area contributed by atoms with Gasteiger partial charge >= 0.3 is 5.97 Å². The molecule has 0 aliphatic rings. The molecule has 0 aromatic heterocycles. The highest BCUT2D eigenvalue weighted by molar-refractivity contribution is 5.95. The lowest BCUT2D eigenvalue weighted by molar-refractivity contribution is -0.138. The standard InChI is InChI=1S/C10H15NO3/c1-4-14-10(13)9(8(3)11)6-5-7(2)12/h5-6H,4,11H2,1-3H3/b6-5-,9-8+. The molecular weight excluding hydrogens is 182 g/mol. The van der Waals surface area contributed by atoms with Gasteiger partial charge in [-0.3, -0.25) is 4.79 Å². The Morgan fingerprint density at radius 2 is 1.86 bits per heavy atom. The highest BCUT2D eigenvalue weighted by atomic mass is 16.5. The normalized spacial score (nSPS) is 12.5. The lowest BCUT2D eigenvalue weighted by atomic mass is 10.2. The fourth-order valence-electron chi connectivity index (χ4n) is 0.770. The molecule has 0 aliphatic carbocycles. The smallest absolute Gasteiger partial charge is 0.339 e. The maximum Gasteiger partial charge on any atom is 0.339 e. The van der Waals surface area contributed by atoms with Crippen LogP contribution in [0.5, 0.6) is 0 Å². The minimum Gasteiger partial charge on any atom is -0.462 e. The van der Waals surface area contributed by atoms with Gasteiger partial charge in [-0.15, -0.1) is 0 Å². The number of carbonyl (C=O) groups is 2. The van der Waals surface area contributed by atoms with E-state index in [-0.39, 0.29) is 18.0 Å². The first-order chi connectivity index (χ1) is 6.49. The predicted molar refractivity (Wildman–Crippen MR) is 53.3 cm³/mol. The lowest BCUT2D eigenvalue weighted by Gasteiger charge is -2.03. The molecule has 0 heterocycles. The summed E-state index contributed by atoms with van der Waals surface area (Å²) < 4.78 is 4.76. The maximum atomic E-state index is 11.3. The summed E-state index contributed by atoms with van der Waals surface area (Å²) in [5.41, 5.74) is 6.03. The number of hydrogen-bond acceptors (Lipinski definition) is 4. The van der Waals surface area contributed by atoms with Gasteiger partial charge in [0.15, 0.2) is 5.78 Å². The zero-order valence-electron chi connectivity index (χ0n) is 8.66. The van der Waals surface area contributed by atoms with E-state index >= 15 is 0 Å². The van der Waals surface area contributed by atoms with Crippen LogP contribution >= 0.6 is 0 Å². The average Bonchev–Trinajstić information content (AvgIpc) is 2.03. The molecule has 4 nitrogen and oxygen atoms in total. The van der Waals surface area contributed by atoms with E-state index in [9.17, 15) is 9.59 Å². The van der Waals surface area contributed by atoms with E-state index in [1.54, 1.807) is 13.8 Å². The van der Waals surface area contributed by atoms with Gasteiger partial charge in [-0.2, -0.15) is 0 Å². The van der Waals surface area contributed by atoms with E-state index in [1.807, 2.05) is 0 Å². The van der Waals surface area contributed by atoms with Crippen molar-refractivity contribution in [3.63, 3.8) is 0 Å². The number of ether oxygens (including phenoxy) is 1. The summed E-state index contributed by atoms with van der Waals surface area (Å²) in [6.45, 7) is 4.96. The molecule has 0 radical (unpaired) electrons. The molecule has 0 aromatic carbocycles. The molecule has 0 bridgehead atoms. The van der Waals surface area contributed by atoms with E-state index in [0.717, 1.165) is 0 Å². The van der Waals surface area contributed by atoms with Gasteiger partial charge in [-0.05, 0) is 32.9 Å². The first-order valence-corrected chi connectivity index (χ1v) is 4.31. The molecule has 0 saturated carbocycles. The Kier molecular flexibility index (Phi) is 5.29.